The highest BCUT2D eigenvalue weighted by atomic mass is 16.6. The molecule has 23 heavy (non-hydrogen) atoms. The minimum Gasteiger partial charge on any atom is -0.396 e. The van der Waals surface area contributed by atoms with E-state index in [2.05, 4.69) is 9.97 Å². The monoisotopic (exact) mass is 326 g/mol. The van der Waals surface area contributed by atoms with Crippen molar-refractivity contribution in [2.24, 2.45) is 0 Å². The zero-order valence-electron chi connectivity index (χ0n) is 12.2. The van der Waals surface area contributed by atoms with Gasteiger partial charge >= 0.3 is 0 Å². The van der Waals surface area contributed by atoms with E-state index in [9.17, 15) is 15.0 Å². The van der Waals surface area contributed by atoms with Crippen LogP contribution in [0, 0.1) is 0 Å². The first-order valence-electron chi connectivity index (χ1n) is 7.23. The maximum atomic E-state index is 12.3. The number of aromatic nitrogens is 4. The van der Waals surface area contributed by atoms with Crippen LogP contribution in [0.3, 0.4) is 0 Å². The molecule has 1 aliphatic heterocycles. The number of ether oxygens (including phenoxy) is 1. The molecule has 1 saturated heterocycles. The topological polar surface area (TPSA) is 143 Å². The van der Waals surface area contributed by atoms with Crippen molar-refractivity contribution in [1.82, 2.24) is 19.1 Å². The summed E-state index contributed by atoms with van der Waals surface area (Å²) < 4.78 is 8.11. The van der Waals surface area contributed by atoms with E-state index in [1.54, 1.807) is 0 Å². The number of hydrogen-bond acceptors (Lipinski definition) is 8. The summed E-state index contributed by atoms with van der Waals surface area (Å²) in [6.45, 7) is -0.163. The van der Waals surface area contributed by atoms with E-state index < -0.39 is 31.1 Å². The third-order valence-electron chi connectivity index (χ3n) is 3.90. The third-order valence-corrected chi connectivity index (χ3v) is 3.90. The van der Waals surface area contributed by atoms with Crippen LogP contribution in [-0.2, 0) is 11.3 Å². The Morgan fingerprint density at radius 1 is 1.17 bits per heavy atom. The SMILES string of the molecule is O=c1c2ncn([C@@H]3O[C@H](CO)[C@@H](O)[C@H]3O)c2ncn1CCCO. The lowest BCUT2D eigenvalue weighted by atomic mass is 10.1. The minimum absolute atomic E-state index is 0.0402. The first-order valence-corrected chi connectivity index (χ1v) is 7.23. The van der Waals surface area contributed by atoms with Crippen LogP contribution in [0.15, 0.2) is 17.4 Å². The molecule has 4 atom stereocenters. The Balaban J connectivity index is 1.98. The van der Waals surface area contributed by atoms with E-state index in [0.717, 1.165) is 0 Å². The van der Waals surface area contributed by atoms with Crippen LogP contribution in [0.25, 0.3) is 11.2 Å². The van der Waals surface area contributed by atoms with Gasteiger partial charge in [-0.15, -0.1) is 0 Å². The molecule has 0 bridgehead atoms. The number of imidazole rings is 1. The fourth-order valence-corrected chi connectivity index (χ4v) is 2.64. The Morgan fingerprint density at radius 2 is 1.96 bits per heavy atom. The highest BCUT2D eigenvalue weighted by molar-refractivity contribution is 5.69. The molecular weight excluding hydrogens is 308 g/mol. The van der Waals surface area contributed by atoms with Crippen LogP contribution >= 0.6 is 0 Å². The van der Waals surface area contributed by atoms with E-state index in [1.165, 1.54) is 21.8 Å². The second-order valence-corrected chi connectivity index (χ2v) is 5.37. The normalized spacial score (nSPS) is 27.8. The average Bonchev–Trinajstić information content (AvgIpc) is 3.10. The van der Waals surface area contributed by atoms with E-state index in [0.29, 0.717) is 13.0 Å². The number of rotatable bonds is 5. The number of aliphatic hydroxyl groups excluding tert-OH is 4. The van der Waals surface area contributed by atoms with Gasteiger partial charge in [0, 0.05) is 13.2 Å². The minimum atomic E-state index is -1.27. The van der Waals surface area contributed by atoms with Gasteiger partial charge in [0.1, 0.15) is 24.6 Å². The molecule has 0 unspecified atom stereocenters. The molecule has 3 heterocycles. The summed E-state index contributed by atoms with van der Waals surface area (Å²) in [6.07, 6.45) is -1.38. The van der Waals surface area contributed by atoms with Crippen molar-refractivity contribution >= 4 is 11.2 Å². The summed E-state index contributed by atoms with van der Waals surface area (Å²) >= 11 is 0. The third kappa shape index (κ3) is 2.64. The molecule has 2 aromatic rings. The van der Waals surface area contributed by atoms with Crippen molar-refractivity contribution in [3.8, 4) is 0 Å². The Kier molecular flexibility index (Phi) is 4.41. The van der Waals surface area contributed by atoms with Gasteiger partial charge < -0.3 is 25.2 Å². The summed E-state index contributed by atoms with van der Waals surface area (Å²) in [5, 5.41) is 37.8. The molecular formula is C13H18N4O6. The molecule has 0 radical (unpaired) electrons. The predicted molar refractivity (Wildman–Crippen MR) is 76.5 cm³/mol. The first-order chi connectivity index (χ1) is 11.1. The quantitative estimate of drug-likeness (QED) is 0.476. The van der Waals surface area contributed by atoms with Crippen molar-refractivity contribution in [2.75, 3.05) is 13.2 Å². The van der Waals surface area contributed by atoms with E-state index in [1.807, 2.05) is 0 Å². The maximum absolute atomic E-state index is 12.3. The van der Waals surface area contributed by atoms with Gasteiger partial charge in [-0.1, -0.05) is 0 Å². The molecule has 4 N–H and O–H groups in total. The van der Waals surface area contributed by atoms with Crippen molar-refractivity contribution in [3.63, 3.8) is 0 Å². The Morgan fingerprint density at radius 3 is 2.61 bits per heavy atom. The maximum Gasteiger partial charge on any atom is 0.281 e. The number of aryl methyl sites for hydroxylation is 1. The van der Waals surface area contributed by atoms with Gasteiger partial charge in [-0.2, -0.15) is 0 Å². The van der Waals surface area contributed by atoms with Gasteiger partial charge in [0.05, 0.1) is 12.9 Å². The molecule has 1 fully saturated rings. The summed E-state index contributed by atoms with van der Waals surface area (Å²) in [6, 6.07) is 0. The summed E-state index contributed by atoms with van der Waals surface area (Å²) in [5.74, 6) is 0. The molecule has 0 spiro atoms. The largest absolute Gasteiger partial charge is 0.396 e. The van der Waals surface area contributed by atoms with E-state index >= 15 is 0 Å². The molecule has 0 amide bonds. The molecule has 10 heteroatoms. The summed E-state index contributed by atoms with van der Waals surface area (Å²) in [7, 11) is 0. The lowest BCUT2D eigenvalue weighted by molar-refractivity contribution is -0.0511. The fraction of sp³-hybridized carbons (Fsp3) is 0.615. The number of fused-ring (bicyclic) bond motifs is 1. The van der Waals surface area contributed by atoms with Crippen LogP contribution in [0.5, 0.6) is 0 Å². The van der Waals surface area contributed by atoms with Crippen molar-refractivity contribution in [1.29, 1.82) is 0 Å². The second kappa shape index (κ2) is 6.34. The Labute approximate surface area is 130 Å². The molecule has 0 aliphatic carbocycles. The average molecular weight is 326 g/mol. The van der Waals surface area contributed by atoms with E-state index in [-0.39, 0.29) is 23.3 Å². The molecule has 0 aromatic carbocycles. The van der Waals surface area contributed by atoms with Gasteiger partial charge in [0.2, 0.25) is 0 Å². The van der Waals surface area contributed by atoms with E-state index in [4.69, 9.17) is 14.9 Å². The highest BCUT2D eigenvalue weighted by Crippen LogP contribution is 2.30. The molecule has 1 aliphatic rings. The van der Waals surface area contributed by atoms with Crippen LogP contribution in [0.1, 0.15) is 12.6 Å². The van der Waals surface area contributed by atoms with Crippen LogP contribution < -0.4 is 5.56 Å². The molecule has 0 saturated carbocycles. The zero-order valence-corrected chi connectivity index (χ0v) is 12.2. The van der Waals surface area contributed by atoms with Crippen LogP contribution in [0.4, 0.5) is 0 Å². The van der Waals surface area contributed by atoms with Gasteiger partial charge in [0.25, 0.3) is 5.56 Å². The zero-order chi connectivity index (χ0) is 16.6. The highest BCUT2D eigenvalue weighted by Gasteiger charge is 2.44. The van der Waals surface area contributed by atoms with Crippen molar-refractivity contribution in [2.45, 2.75) is 37.5 Å². The predicted octanol–water partition coefficient (Wildman–Crippen LogP) is -2.41. The smallest absolute Gasteiger partial charge is 0.281 e. The first kappa shape index (κ1) is 16.0. The lowest BCUT2D eigenvalue weighted by Gasteiger charge is -2.16. The van der Waals surface area contributed by atoms with Gasteiger partial charge in [-0.25, -0.2) is 9.97 Å². The summed E-state index contributed by atoms with van der Waals surface area (Å²) in [4.78, 5) is 20.5. The molecule has 10 nitrogen and oxygen atoms in total. The summed E-state index contributed by atoms with van der Waals surface area (Å²) in [5.41, 5.74) is -0.0535. The number of aliphatic hydroxyl groups is 4. The Hall–Kier alpha value is -1.85. The molecule has 3 rings (SSSR count). The Bertz CT molecular complexity index is 744. The molecule has 2 aromatic heterocycles. The molecule has 126 valence electrons. The standard InChI is InChI=1S/C13H18N4O6/c18-3-1-2-16-5-15-11-8(12(16)22)14-6-17(11)13-10(21)9(20)7(4-19)23-13/h5-7,9-10,13,18-21H,1-4H2/t7-,9-,10-,13-/m1/s1. The van der Waals surface area contributed by atoms with Gasteiger partial charge in [-0.05, 0) is 6.42 Å². The van der Waals surface area contributed by atoms with Crippen molar-refractivity contribution < 1.29 is 25.2 Å². The second-order valence-electron chi connectivity index (χ2n) is 5.37. The van der Waals surface area contributed by atoms with Crippen LogP contribution in [0.2, 0.25) is 0 Å². The van der Waals surface area contributed by atoms with Crippen molar-refractivity contribution in [3.05, 3.63) is 23.0 Å². The van der Waals surface area contributed by atoms with Crippen LogP contribution in [-0.4, -0.2) is 71.1 Å². The number of nitrogens with zero attached hydrogens (tertiary/aromatic N) is 4. The fourth-order valence-electron chi connectivity index (χ4n) is 2.64. The van der Waals surface area contributed by atoms with Gasteiger partial charge in [-0.3, -0.25) is 13.9 Å². The number of hydrogen-bond donors (Lipinski definition) is 4. The van der Waals surface area contributed by atoms with Gasteiger partial charge in [0.15, 0.2) is 17.4 Å². The lowest BCUT2D eigenvalue weighted by Crippen LogP contribution is -2.33.